The lowest BCUT2D eigenvalue weighted by atomic mass is 9.57. The van der Waals surface area contributed by atoms with Crippen LogP contribution in [0.2, 0.25) is 0 Å². The number of hydrogen-bond donors (Lipinski definition) is 1. The minimum Gasteiger partial charge on any atom is -0.493 e. The molecule has 0 bridgehead atoms. The number of carbonyl (C=O) groups is 1. The van der Waals surface area contributed by atoms with Gasteiger partial charge in [-0.1, -0.05) is 0 Å². The van der Waals surface area contributed by atoms with Crippen LogP contribution in [0, 0.1) is 17.2 Å². The summed E-state index contributed by atoms with van der Waals surface area (Å²) in [4.78, 5) is 11.3. The van der Waals surface area contributed by atoms with Crippen LogP contribution < -0.4 is 10.1 Å². The Balaban J connectivity index is 1.37. The molecular weight excluding hydrogens is 309 g/mol. The molecule has 1 aromatic rings. The molecule has 1 spiro atoms. The van der Waals surface area contributed by atoms with Crippen LogP contribution in [-0.2, 0) is 4.74 Å². The van der Waals surface area contributed by atoms with Gasteiger partial charge in [0.1, 0.15) is 11.6 Å². The Bertz CT molecular complexity index is 576. The second kappa shape index (κ2) is 7.51. The van der Waals surface area contributed by atoms with E-state index >= 15 is 0 Å². The molecule has 0 radical (unpaired) electrons. The van der Waals surface area contributed by atoms with Gasteiger partial charge in [0.05, 0.1) is 19.3 Å². The first-order chi connectivity index (χ1) is 11.6. The summed E-state index contributed by atoms with van der Waals surface area (Å²) in [7, 11) is 1.24. The topological polar surface area (TPSA) is 47.6 Å². The van der Waals surface area contributed by atoms with Crippen molar-refractivity contribution in [1.29, 1.82) is 0 Å². The average Bonchev–Trinajstić information content (AvgIpc) is 2.57. The number of carbonyl (C=O) groups excluding carboxylic acids is 1. The molecule has 24 heavy (non-hydrogen) atoms. The van der Waals surface area contributed by atoms with Crippen molar-refractivity contribution in [2.45, 2.75) is 38.5 Å². The van der Waals surface area contributed by atoms with Crippen molar-refractivity contribution in [2.75, 3.05) is 26.8 Å². The minimum atomic E-state index is -0.670. The molecule has 2 aliphatic rings. The summed E-state index contributed by atoms with van der Waals surface area (Å²) in [5.41, 5.74) is 0.565. The first-order valence-electron chi connectivity index (χ1n) is 8.83. The molecule has 132 valence electrons. The van der Waals surface area contributed by atoms with Gasteiger partial charge in [-0.25, -0.2) is 9.18 Å². The zero-order chi connectivity index (χ0) is 17.0. The van der Waals surface area contributed by atoms with E-state index in [1.165, 1.54) is 64.4 Å². The highest BCUT2D eigenvalue weighted by Crippen LogP contribution is 2.52. The second-order valence-electron chi connectivity index (χ2n) is 7.15. The van der Waals surface area contributed by atoms with Crippen LogP contribution in [0.15, 0.2) is 18.2 Å². The van der Waals surface area contributed by atoms with E-state index < -0.39 is 11.8 Å². The third-order valence-electron chi connectivity index (χ3n) is 5.48. The predicted molar refractivity (Wildman–Crippen MR) is 89.7 cm³/mol. The number of halogens is 1. The van der Waals surface area contributed by atoms with Crippen LogP contribution in [0.25, 0.3) is 0 Å². The fourth-order valence-corrected chi connectivity index (χ4v) is 4.16. The molecular formula is C19H26FNO3. The van der Waals surface area contributed by atoms with E-state index in [9.17, 15) is 9.18 Å². The highest BCUT2D eigenvalue weighted by molar-refractivity contribution is 5.89. The van der Waals surface area contributed by atoms with Crippen molar-refractivity contribution in [3.05, 3.63) is 29.6 Å². The molecule has 4 nitrogen and oxygen atoms in total. The number of rotatable bonds is 6. The number of hydrogen-bond acceptors (Lipinski definition) is 4. The van der Waals surface area contributed by atoms with Crippen LogP contribution in [0.1, 0.15) is 48.9 Å². The zero-order valence-electron chi connectivity index (χ0n) is 14.3. The van der Waals surface area contributed by atoms with E-state index in [1.807, 2.05) is 0 Å². The van der Waals surface area contributed by atoms with Gasteiger partial charge in [0.25, 0.3) is 0 Å². The second-order valence-corrected chi connectivity index (χ2v) is 7.15. The predicted octanol–water partition coefficient (Wildman–Crippen LogP) is 3.55. The summed E-state index contributed by atoms with van der Waals surface area (Å²) in [6.07, 6.45) is 7.53. The Morgan fingerprint density at radius 3 is 2.75 bits per heavy atom. The molecule has 0 unspecified atom stereocenters. The quantitative estimate of drug-likeness (QED) is 0.638. The van der Waals surface area contributed by atoms with E-state index in [1.54, 1.807) is 6.07 Å². The van der Waals surface area contributed by atoms with Crippen LogP contribution >= 0.6 is 0 Å². The molecule has 1 N–H and O–H groups in total. The van der Waals surface area contributed by atoms with E-state index in [4.69, 9.17) is 4.74 Å². The lowest BCUT2D eigenvalue weighted by Gasteiger charge is -2.50. The van der Waals surface area contributed by atoms with Gasteiger partial charge in [0.15, 0.2) is 0 Å². The molecule has 2 fully saturated rings. The number of benzene rings is 1. The summed E-state index contributed by atoms with van der Waals surface area (Å²) in [6, 6.07) is 4.27. The first kappa shape index (κ1) is 17.2. The van der Waals surface area contributed by atoms with Crippen molar-refractivity contribution in [1.82, 2.24) is 5.32 Å². The van der Waals surface area contributed by atoms with Gasteiger partial charge in [-0.3, -0.25) is 0 Å². The molecule has 0 atom stereocenters. The van der Waals surface area contributed by atoms with Crippen molar-refractivity contribution < 1.29 is 18.7 Å². The fraction of sp³-hybridized carbons (Fsp3) is 0.632. The smallest absolute Gasteiger partial charge is 0.340 e. The maximum atomic E-state index is 13.8. The fourth-order valence-electron chi connectivity index (χ4n) is 4.16. The van der Waals surface area contributed by atoms with Gasteiger partial charge in [-0.15, -0.1) is 0 Å². The van der Waals surface area contributed by atoms with Gasteiger partial charge in [-0.2, -0.15) is 0 Å². The zero-order valence-corrected chi connectivity index (χ0v) is 14.3. The van der Waals surface area contributed by atoms with Crippen molar-refractivity contribution in [3.63, 3.8) is 0 Å². The molecule has 1 aromatic carbocycles. The number of esters is 1. The van der Waals surface area contributed by atoms with Crippen molar-refractivity contribution >= 4 is 5.97 Å². The van der Waals surface area contributed by atoms with Crippen molar-refractivity contribution in [3.8, 4) is 5.75 Å². The Morgan fingerprint density at radius 2 is 2.08 bits per heavy atom. The summed E-state index contributed by atoms with van der Waals surface area (Å²) in [5, 5.41) is 3.43. The molecule has 5 heteroatoms. The third kappa shape index (κ3) is 3.89. The normalized spacial score (nSPS) is 19.8. The lowest BCUT2D eigenvalue weighted by molar-refractivity contribution is 0.0149. The van der Waals surface area contributed by atoms with Crippen LogP contribution in [0.5, 0.6) is 5.75 Å². The van der Waals surface area contributed by atoms with Gasteiger partial charge in [0, 0.05) is 6.07 Å². The molecule has 1 saturated carbocycles. The average molecular weight is 335 g/mol. The maximum absolute atomic E-state index is 13.8. The Morgan fingerprint density at radius 1 is 1.33 bits per heavy atom. The highest BCUT2D eigenvalue weighted by Gasteiger charge is 2.43. The summed E-state index contributed by atoms with van der Waals surface area (Å²) in [5.74, 6) is 0.00999. The van der Waals surface area contributed by atoms with E-state index in [-0.39, 0.29) is 5.56 Å². The molecule has 1 aliphatic heterocycles. The molecule has 1 heterocycles. The standard InChI is InChI=1S/C19H26FNO3/c1-23-18(22)16-5-4-15(11-17(16)20)24-10-2-3-14-12-19(13-14)6-8-21-9-7-19/h4-5,11,14,21H,2-3,6-10,12-13H2,1H3. The van der Waals surface area contributed by atoms with Gasteiger partial charge in [0.2, 0.25) is 0 Å². The molecule has 1 aliphatic carbocycles. The van der Waals surface area contributed by atoms with Crippen molar-refractivity contribution in [2.24, 2.45) is 11.3 Å². The Kier molecular flexibility index (Phi) is 5.39. The van der Waals surface area contributed by atoms with E-state index in [2.05, 4.69) is 10.1 Å². The van der Waals surface area contributed by atoms with Crippen LogP contribution in [-0.4, -0.2) is 32.8 Å². The van der Waals surface area contributed by atoms with Gasteiger partial charge < -0.3 is 14.8 Å². The minimum absolute atomic E-state index is 0.0633. The SMILES string of the molecule is COC(=O)c1ccc(OCCCC2CC3(CCNCC3)C2)cc1F. The van der Waals surface area contributed by atoms with Crippen LogP contribution in [0.3, 0.4) is 0 Å². The number of piperidine rings is 1. The summed E-state index contributed by atoms with van der Waals surface area (Å²) in [6.45, 7) is 2.92. The van der Waals surface area contributed by atoms with E-state index in [0.29, 0.717) is 17.8 Å². The summed E-state index contributed by atoms with van der Waals surface area (Å²) >= 11 is 0. The Hall–Kier alpha value is -1.62. The summed E-state index contributed by atoms with van der Waals surface area (Å²) < 4.78 is 23.9. The molecule has 3 rings (SSSR count). The largest absolute Gasteiger partial charge is 0.493 e. The number of nitrogens with one attached hydrogen (secondary N) is 1. The monoisotopic (exact) mass is 335 g/mol. The van der Waals surface area contributed by atoms with Gasteiger partial charge >= 0.3 is 5.97 Å². The lowest BCUT2D eigenvalue weighted by Crippen LogP contribution is -2.45. The highest BCUT2D eigenvalue weighted by atomic mass is 19.1. The Labute approximate surface area is 142 Å². The van der Waals surface area contributed by atoms with E-state index in [0.717, 1.165) is 12.3 Å². The number of ether oxygens (including phenoxy) is 2. The van der Waals surface area contributed by atoms with Crippen LogP contribution in [0.4, 0.5) is 4.39 Å². The molecule has 0 amide bonds. The van der Waals surface area contributed by atoms with Gasteiger partial charge in [-0.05, 0) is 75.1 Å². The molecule has 0 aromatic heterocycles. The maximum Gasteiger partial charge on any atom is 0.340 e. The molecule has 1 saturated heterocycles. The third-order valence-corrected chi connectivity index (χ3v) is 5.48. The first-order valence-corrected chi connectivity index (χ1v) is 8.83. The number of methoxy groups -OCH3 is 1.